The Bertz CT molecular complexity index is 391. The fourth-order valence-corrected chi connectivity index (χ4v) is 2.96. The van der Waals surface area contributed by atoms with E-state index in [0.29, 0.717) is 0 Å². The van der Waals surface area contributed by atoms with Crippen LogP contribution < -0.4 is 0 Å². The largest absolute Gasteiger partial charge is 0.306 e. The Morgan fingerprint density at radius 3 is 1.93 bits per heavy atom. The molecule has 0 aliphatic rings. The highest BCUT2D eigenvalue weighted by molar-refractivity contribution is 7.09. The van der Waals surface area contributed by atoms with E-state index in [4.69, 9.17) is 4.79 Å². The number of carbonyl (C=O) groups is 2. The molecule has 1 aromatic heterocycles. The number of likely N-dealkylation sites (N-methyl/N-ethyl adjacent to an activating group) is 1. The minimum Gasteiger partial charge on any atom is -0.306 e. The number of aldehydes is 2. The van der Waals surface area contributed by atoms with Crippen molar-refractivity contribution in [3.05, 3.63) is 22.4 Å². The Morgan fingerprint density at radius 2 is 1.56 bits per heavy atom. The quantitative estimate of drug-likeness (QED) is 0.517. The molecule has 0 saturated carbocycles. The number of carbonyl (C=O) groups excluding carboxylic acids is 2. The van der Waals surface area contributed by atoms with Crippen LogP contribution in [0.2, 0.25) is 0 Å². The van der Waals surface area contributed by atoms with Gasteiger partial charge in [-0.05, 0) is 64.8 Å². The molecule has 0 amide bonds. The van der Waals surface area contributed by atoms with Crippen LogP contribution in [0.3, 0.4) is 0 Å². The third-order valence-corrected chi connectivity index (χ3v) is 4.30. The second kappa shape index (κ2) is 25.0. The van der Waals surface area contributed by atoms with Crippen molar-refractivity contribution < 1.29 is 9.59 Å². The molecule has 5 heteroatoms. The van der Waals surface area contributed by atoms with Crippen LogP contribution in [0.25, 0.3) is 0 Å². The van der Waals surface area contributed by atoms with Crippen molar-refractivity contribution in [2.24, 2.45) is 5.92 Å². The second-order valence-corrected chi connectivity index (χ2v) is 7.28. The maximum Gasteiger partial charge on any atom is 0.124 e. The van der Waals surface area contributed by atoms with Crippen molar-refractivity contribution in [3.8, 4) is 0 Å². The molecular formula is C22H44N2O2S. The lowest BCUT2D eigenvalue weighted by Crippen LogP contribution is -2.26. The van der Waals surface area contributed by atoms with Crippen LogP contribution in [0.1, 0.15) is 59.3 Å². The van der Waals surface area contributed by atoms with Crippen molar-refractivity contribution in [3.63, 3.8) is 0 Å². The lowest BCUT2D eigenvalue weighted by molar-refractivity contribution is -0.111. The van der Waals surface area contributed by atoms with Gasteiger partial charge in [-0.1, -0.05) is 40.7 Å². The van der Waals surface area contributed by atoms with E-state index in [1.165, 1.54) is 37.7 Å². The van der Waals surface area contributed by atoms with E-state index in [-0.39, 0.29) is 5.92 Å². The summed E-state index contributed by atoms with van der Waals surface area (Å²) in [6.45, 7) is 16.2. The van der Waals surface area contributed by atoms with Crippen LogP contribution in [-0.2, 0) is 16.0 Å². The van der Waals surface area contributed by atoms with E-state index in [9.17, 15) is 4.79 Å². The summed E-state index contributed by atoms with van der Waals surface area (Å²) in [5, 5.41) is 2.10. The van der Waals surface area contributed by atoms with Crippen molar-refractivity contribution in [2.45, 2.75) is 60.8 Å². The average molecular weight is 401 g/mol. The maximum absolute atomic E-state index is 10.4. The fraction of sp³-hybridized carbons (Fsp3) is 0.727. The van der Waals surface area contributed by atoms with Gasteiger partial charge in [0.05, 0.1) is 0 Å². The van der Waals surface area contributed by atoms with Gasteiger partial charge in [0.25, 0.3) is 0 Å². The zero-order chi connectivity index (χ0) is 21.5. The summed E-state index contributed by atoms with van der Waals surface area (Å²) in [4.78, 5) is 25.2. The zero-order valence-electron chi connectivity index (χ0n) is 19.0. The van der Waals surface area contributed by atoms with Gasteiger partial charge in [0.1, 0.15) is 12.6 Å². The van der Waals surface area contributed by atoms with Gasteiger partial charge in [-0.15, -0.1) is 11.3 Å². The van der Waals surface area contributed by atoms with E-state index in [1.54, 1.807) is 11.3 Å². The molecule has 0 radical (unpaired) electrons. The molecule has 1 heterocycles. The average Bonchev–Trinajstić information content (AvgIpc) is 3.17. The first-order valence-electron chi connectivity index (χ1n) is 10.2. The van der Waals surface area contributed by atoms with E-state index in [0.717, 1.165) is 32.1 Å². The highest BCUT2D eigenvalue weighted by Gasteiger charge is 2.05. The molecule has 0 saturated heterocycles. The Hall–Kier alpha value is -1.04. The van der Waals surface area contributed by atoms with Crippen LogP contribution in [0.4, 0.5) is 0 Å². The van der Waals surface area contributed by atoms with Crippen LogP contribution in [-0.4, -0.2) is 62.6 Å². The first-order chi connectivity index (χ1) is 12.9. The molecule has 0 bridgehead atoms. The predicted molar refractivity (Wildman–Crippen MR) is 122 cm³/mol. The van der Waals surface area contributed by atoms with Crippen molar-refractivity contribution in [2.75, 3.05) is 40.3 Å². The predicted octanol–water partition coefficient (Wildman–Crippen LogP) is 5.03. The number of nitrogens with zero attached hydrogens (tertiary/aromatic N) is 2. The Balaban J connectivity index is -0.000000376. The molecule has 160 valence electrons. The SMILES string of the molecule is CC.CC(C=O)CN(C)CCc1cccs1.CC=O.CCCN(C)CCC. The monoisotopic (exact) mass is 400 g/mol. The molecule has 0 spiro atoms. The standard InChI is InChI=1S/C11H17NOS.C7H17N.C2H4O.C2H6/c1-10(9-13)8-12(2)6-5-11-4-3-7-14-11;1-4-6-8(3)7-5-2;1-2-3;1-2/h3-4,7,9-10H,5-6,8H2,1-2H3;4-7H2,1-3H3;2H,1H3;1-2H3. The van der Waals surface area contributed by atoms with E-state index in [1.807, 2.05) is 20.8 Å². The third-order valence-electron chi connectivity index (χ3n) is 3.36. The van der Waals surface area contributed by atoms with Gasteiger partial charge in [-0.2, -0.15) is 0 Å². The molecule has 0 N–H and O–H groups in total. The number of hydrogen-bond donors (Lipinski definition) is 0. The molecule has 1 atom stereocenters. The van der Waals surface area contributed by atoms with Crippen LogP contribution >= 0.6 is 11.3 Å². The summed E-state index contributed by atoms with van der Waals surface area (Å²) in [7, 11) is 4.24. The summed E-state index contributed by atoms with van der Waals surface area (Å²) < 4.78 is 0. The lowest BCUT2D eigenvalue weighted by atomic mass is 10.2. The Labute approximate surface area is 173 Å². The molecule has 0 aliphatic heterocycles. The molecule has 0 fully saturated rings. The molecule has 4 nitrogen and oxygen atoms in total. The van der Waals surface area contributed by atoms with Crippen LogP contribution in [0, 0.1) is 5.92 Å². The van der Waals surface area contributed by atoms with Gasteiger partial charge >= 0.3 is 0 Å². The Morgan fingerprint density at radius 1 is 1.04 bits per heavy atom. The summed E-state index contributed by atoms with van der Waals surface area (Å²) in [5.74, 6) is 0.142. The normalized spacial score (nSPS) is 10.6. The molecule has 1 rings (SSSR count). The number of thiophene rings is 1. The highest BCUT2D eigenvalue weighted by Crippen LogP contribution is 2.09. The smallest absolute Gasteiger partial charge is 0.124 e. The van der Waals surface area contributed by atoms with Gasteiger partial charge in [0.15, 0.2) is 0 Å². The second-order valence-electron chi connectivity index (χ2n) is 6.24. The third kappa shape index (κ3) is 25.0. The van der Waals surface area contributed by atoms with E-state index < -0.39 is 0 Å². The van der Waals surface area contributed by atoms with Crippen molar-refractivity contribution in [1.82, 2.24) is 9.80 Å². The van der Waals surface area contributed by atoms with E-state index >= 15 is 0 Å². The van der Waals surface area contributed by atoms with Gasteiger partial charge in [0.2, 0.25) is 0 Å². The molecule has 1 aromatic rings. The highest BCUT2D eigenvalue weighted by atomic mass is 32.1. The van der Waals surface area contributed by atoms with Crippen molar-refractivity contribution in [1.29, 1.82) is 0 Å². The van der Waals surface area contributed by atoms with Gasteiger partial charge < -0.3 is 19.4 Å². The van der Waals surface area contributed by atoms with Gasteiger partial charge in [0, 0.05) is 23.9 Å². The first kappa shape index (κ1) is 30.7. The van der Waals surface area contributed by atoms with E-state index in [2.05, 4.69) is 55.3 Å². The van der Waals surface area contributed by atoms with Gasteiger partial charge in [-0.25, -0.2) is 0 Å². The zero-order valence-corrected chi connectivity index (χ0v) is 19.8. The fourth-order valence-electron chi connectivity index (χ4n) is 2.26. The molecule has 0 aliphatic carbocycles. The summed E-state index contributed by atoms with van der Waals surface area (Å²) in [6, 6.07) is 4.23. The summed E-state index contributed by atoms with van der Waals surface area (Å²) in [5.41, 5.74) is 0. The maximum atomic E-state index is 10.4. The van der Waals surface area contributed by atoms with Crippen LogP contribution in [0.15, 0.2) is 17.5 Å². The molecule has 0 aromatic carbocycles. The molecule has 27 heavy (non-hydrogen) atoms. The minimum absolute atomic E-state index is 0.142. The number of rotatable bonds is 10. The minimum atomic E-state index is 0.142. The molecular weight excluding hydrogens is 356 g/mol. The summed E-state index contributed by atoms with van der Waals surface area (Å²) in [6.07, 6.45) is 5.40. The topological polar surface area (TPSA) is 40.6 Å². The van der Waals surface area contributed by atoms with Gasteiger partial charge in [-0.3, -0.25) is 0 Å². The van der Waals surface area contributed by atoms with Crippen LogP contribution in [0.5, 0.6) is 0 Å². The first-order valence-corrected chi connectivity index (χ1v) is 11.1. The number of hydrogen-bond acceptors (Lipinski definition) is 5. The molecule has 1 unspecified atom stereocenters. The summed E-state index contributed by atoms with van der Waals surface area (Å²) >= 11 is 1.79. The lowest BCUT2D eigenvalue weighted by Gasteiger charge is -2.17. The van der Waals surface area contributed by atoms with Crippen molar-refractivity contribution >= 4 is 23.9 Å². The Kier molecular flexibility index (Phi) is 28.4.